The Hall–Kier alpha value is -1.65. The van der Waals surface area contributed by atoms with Gasteiger partial charge >= 0.3 is 0 Å². The van der Waals surface area contributed by atoms with E-state index in [-0.39, 0.29) is 23.9 Å². The second-order valence-corrected chi connectivity index (χ2v) is 9.02. The molecule has 0 N–H and O–H groups in total. The van der Waals surface area contributed by atoms with Gasteiger partial charge in [0.05, 0.1) is 4.90 Å². The smallest absolute Gasteiger partial charge is 0.246 e. The molecular weight excluding hydrogens is 467 g/mol. The van der Waals surface area contributed by atoms with Crippen LogP contribution >= 0.6 is 22.6 Å². The Morgan fingerprint density at radius 3 is 2.31 bits per heavy atom. The molecular formula is C18H19IN2O4S. The van der Waals surface area contributed by atoms with Crippen LogP contribution in [0.25, 0.3) is 6.08 Å². The average Bonchev–Trinajstić information content (AvgIpc) is 3.05. The fraction of sp³-hybridized carbons (Fsp3) is 0.278. The monoisotopic (exact) mass is 486 g/mol. The predicted molar refractivity (Wildman–Crippen MR) is 107 cm³/mol. The highest BCUT2D eigenvalue weighted by Gasteiger charge is 2.29. The molecule has 138 valence electrons. The first-order chi connectivity index (χ1) is 12.4. The Bertz CT molecular complexity index is 911. The number of hydrogen-bond acceptors (Lipinski definition) is 4. The molecule has 0 bridgehead atoms. The molecule has 26 heavy (non-hydrogen) atoms. The summed E-state index contributed by atoms with van der Waals surface area (Å²) in [7, 11) is -3.52. The van der Waals surface area contributed by atoms with E-state index in [1.165, 1.54) is 10.4 Å². The maximum atomic E-state index is 12.7. The third-order valence-corrected chi connectivity index (χ3v) is 6.69. The standard InChI is InChI=1S/C18H19IN2O4S/c1-14-2-6-16(7-3-14)26(23,24)21-12-10-20(11-13-21)18(22)9-5-15-4-8-17(19)25-15/h2-9H,10-13H2,1H3/b9-5+. The lowest BCUT2D eigenvalue weighted by atomic mass is 10.2. The molecule has 1 aromatic carbocycles. The number of halogens is 1. The van der Waals surface area contributed by atoms with Gasteiger partial charge in [-0.15, -0.1) is 0 Å². The molecule has 1 aromatic heterocycles. The second-order valence-electron chi connectivity index (χ2n) is 6.02. The SMILES string of the molecule is Cc1ccc(S(=O)(=O)N2CCN(C(=O)/C=C/c3ccc(I)o3)CC2)cc1. The summed E-state index contributed by atoms with van der Waals surface area (Å²) < 4.78 is 32.9. The fourth-order valence-corrected chi connectivity index (χ4v) is 4.54. The van der Waals surface area contributed by atoms with Gasteiger partial charge in [-0.05, 0) is 59.9 Å². The number of hydrogen-bond donors (Lipinski definition) is 0. The number of amides is 1. The molecule has 2 heterocycles. The third-order valence-electron chi connectivity index (χ3n) is 4.19. The summed E-state index contributed by atoms with van der Waals surface area (Å²) in [6, 6.07) is 10.4. The summed E-state index contributed by atoms with van der Waals surface area (Å²) in [5.74, 6) is 0.465. The summed E-state index contributed by atoms with van der Waals surface area (Å²) >= 11 is 2.06. The van der Waals surface area contributed by atoms with Crippen molar-refractivity contribution < 1.29 is 17.6 Å². The van der Waals surface area contributed by atoms with Crippen LogP contribution < -0.4 is 0 Å². The van der Waals surface area contributed by atoms with Crippen LogP contribution in [0.4, 0.5) is 0 Å². The molecule has 0 spiro atoms. The van der Waals surface area contributed by atoms with Crippen LogP contribution in [0.3, 0.4) is 0 Å². The van der Waals surface area contributed by atoms with E-state index >= 15 is 0 Å². The first-order valence-corrected chi connectivity index (χ1v) is 10.7. The largest absolute Gasteiger partial charge is 0.451 e. The molecule has 1 saturated heterocycles. The van der Waals surface area contributed by atoms with Crippen LogP contribution in [0.2, 0.25) is 0 Å². The summed E-state index contributed by atoms with van der Waals surface area (Å²) in [6.45, 7) is 3.22. The minimum Gasteiger partial charge on any atom is -0.451 e. The molecule has 6 nitrogen and oxygen atoms in total. The van der Waals surface area contributed by atoms with E-state index in [9.17, 15) is 13.2 Å². The molecule has 8 heteroatoms. The number of aryl methyl sites for hydroxylation is 1. The van der Waals surface area contributed by atoms with Crippen molar-refractivity contribution in [2.24, 2.45) is 0 Å². The molecule has 3 rings (SSSR count). The second kappa shape index (κ2) is 7.93. The number of rotatable bonds is 4. The van der Waals surface area contributed by atoms with E-state index in [1.807, 2.05) is 13.0 Å². The van der Waals surface area contributed by atoms with E-state index in [0.29, 0.717) is 18.8 Å². The van der Waals surface area contributed by atoms with Crippen molar-refractivity contribution in [1.29, 1.82) is 0 Å². The minimum absolute atomic E-state index is 0.149. The number of nitrogens with zero attached hydrogens (tertiary/aromatic N) is 2. The van der Waals surface area contributed by atoms with Crippen molar-refractivity contribution in [2.45, 2.75) is 11.8 Å². The quantitative estimate of drug-likeness (QED) is 0.493. The summed E-state index contributed by atoms with van der Waals surface area (Å²) in [6.07, 6.45) is 3.08. The Labute approximate surface area is 166 Å². The number of piperazine rings is 1. The maximum absolute atomic E-state index is 12.7. The van der Waals surface area contributed by atoms with Gasteiger partial charge in [0, 0.05) is 32.3 Å². The topological polar surface area (TPSA) is 70.8 Å². The number of carbonyl (C=O) groups is 1. The van der Waals surface area contributed by atoms with E-state index in [0.717, 1.165) is 9.33 Å². The van der Waals surface area contributed by atoms with Crippen molar-refractivity contribution in [2.75, 3.05) is 26.2 Å². The van der Waals surface area contributed by atoms with Crippen molar-refractivity contribution >= 4 is 44.6 Å². The molecule has 0 unspecified atom stereocenters. The van der Waals surface area contributed by atoms with Crippen LogP contribution in [0.5, 0.6) is 0 Å². The molecule has 1 fully saturated rings. The van der Waals surface area contributed by atoms with Crippen LogP contribution in [0.15, 0.2) is 51.8 Å². The highest BCUT2D eigenvalue weighted by Crippen LogP contribution is 2.18. The Morgan fingerprint density at radius 2 is 1.73 bits per heavy atom. The molecule has 0 radical (unpaired) electrons. The van der Waals surface area contributed by atoms with Crippen molar-refractivity contribution in [1.82, 2.24) is 9.21 Å². The maximum Gasteiger partial charge on any atom is 0.246 e. The zero-order valence-electron chi connectivity index (χ0n) is 14.3. The molecule has 1 amide bonds. The molecule has 0 saturated carbocycles. The zero-order chi connectivity index (χ0) is 18.7. The highest BCUT2D eigenvalue weighted by molar-refractivity contribution is 14.1. The number of furan rings is 1. The van der Waals surface area contributed by atoms with Gasteiger partial charge in [-0.2, -0.15) is 4.31 Å². The van der Waals surface area contributed by atoms with Gasteiger partial charge in [-0.3, -0.25) is 4.79 Å². The lowest BCUT2D eigenvalue weighted by molar-refractivity contribution is -0.127. The van der Waals surface area contributed by atoms with Gasteiger partial charge in [0.1, 0.15) is 5.76 Å². The van der Waals surface area contributed by atoms with Crippen molar-refractivity contribution in [3.05, 3.63) is 57.6 Å². The number of sulfonamides is 1. The van der Waals surface area contributed by atoms with Crippen LogP contribution in [0, 0.1) is 10.7 Å². The third kappa shape index (κ3) is 4.36. The lowest BCUT2D eigenvalue weighted by Gasteiger charge is -2.33. The van der Waals surface area contributed by atoms with Gasteiger partial charge in [0.15, 0.2) is 3.77 Å². The van der Waals surface area contributed by atoms with Gasteiger partial charge in [-0.25, -0.2) is 8.42 Å². The Kier molecular flexibility index (Phi) is 5.83. The van der Waals surface area contributed by atoms with Crippen LogP contribution in [-0.4, -0.2) is 49.7 Å². The van der Waals surface area contributed by atoms with Gasteiger partial charge in [0.25, 0.3) is 0 Å². The summed E-state index contributed by atoms with van der Waals surface area (Å²) in [5.41, 5.74) is 1.01. The molecule has 0 atom stereocenters. The molecule has 0 aliphatic carbocycles. The Morgan fingerprint density at radius 1 is 1.08 bits per heavy atom. The molecule has 2 aromatic rings. The van der Waals surface area contributed by atoms with E-state index in [2.05, 4.69) is 22.6 Å². The zero-order valence-corrected chi connectivity index (χ0v) is 17.2. The summed E-state index contributed by atoms with van der Waals surface area (Å²) in [5, 5.41) is 0. The molecule has 1 aliphatic heterocycles. The number of benzene rings is 1. The Balaban J connectivity index is 1.60. The normalized spacial score (nSPS) is 16.3. The lowest BCUT2D eigenvalue weighted by Crippen LogP contribution is -2.50. The van der Waals surface area contributed by atoms with Crippen molar-refractivity contribution in [3.8, 4) is 0 Å². The first kappa shape index (κ1) is 19.1. The van der Waals surface area contributed by atoms with E-state index < -0.39 is 10.0 Å². The first-order valence-electron chi connectivity index (χ1n) is 8.15. The fourth-order valence-electron chi connectivity index (χ4n) is 2.68. The predicted octanol–water partition coefficient (Wildman–Crippen LogP) is 2.74. The highest BCUT2D eigenvalue weighted by atomic mass is 127. The molecule has 1 aliphatic rings. The average molecular weight is 486 g/mol. The van der Waals surface area contributed by atoms with Gasteiger partial charge < -0.3 is 9.32 Å². The minimum atomic E-state index is -3.52. The van der Waals surface area contributed by atoms with Crippen LogP contribution in [-0.2, 0) is 14.8 Å². The van der Waals surface area contributed by atoms with E-state index in [1.54, 1.807) is 41.3 Å². The number of carbonyl (C=O) groups excluding carboxylic acids is 1. The van der Waals surface area contributed by atoms with Crippen LogP contribution in [0.1, 0.15) is 11.3 Å². The van der Waals surface area contributed by atoms with Gasteiger partial charge in [0.2, 0.25) is 15.9 Å². The van der Waals surface area contributed by atoms with Crippen molar-refractivity contribution in [3.63, 3.8) is 0 Å². The van der Waals surface area contributed by atoms with E-state index in [4.69, 9.17) is 4.42 Å². The van der Waals surface area contributed by atoms with Gasteiger partial charge in [-0.1, -0.05) is 17.7 Å². The summed E-state index contributed by atoms with van der Waals surface area (Å²) in [4.78, 5) is 14.2.